The number of hydrogen-bond donors (Lipinski definition) is 2. The van der Waals surface area contributed by atoms with Crippen molar-refractivity contribution in [2.75, 3.05) is 19.6 Å². The van der Waals surface area contributed by atoms with Gasteiger partial charge in [0.2, 0.25) is 5.91 Å². The van der Waals surface area contributed by atoms with Crippen LogP contribution in [0.5, 0.6) is 0 Å². The number of hydrogen-bond acceptors (Lipinski definition) is 3. The first-order valence-corrected chi connectivity index (χ1v) is 9.68. The SMILES string of the molecule is C[C@@H](O)CNCC(=O)N1CCc2ccccc2C1Cc1cccc(C(F)(F)F)c1. The van der Waals surface area contributed by atoms with Crippen molar-refractivity contribution < 1.29 is 23.1 Å². The van der Waals surface area contributed by atoms with Crippen LogP contribution in [0.3, 0.4) is 0 Å². The lowest BCUT2D eigenvalue weighted by atomic mass is 9.88. The molecule has 3 rings (SSSR count). The Kier molecular flexibility index (Phi) is 6.59. The number of amides is 1. The van der Waals surface area contributed by atoms with Crippen LogP contribution in [0, 0.1) is 0 Å². The van der Waals surface area contributed by atoms with Gasteiger partial charge in [0.1, 0.15) is 0 Å². The van der Waals surface area contributed by atoms with E-state index in [0.29, 0.717) is 31.5 Å². The standard InChI is InChI=1S/C22H25F3N2O2/c1-15(28)13-26-14-21(29)27-10-9-17-6-2-3-8-19(17)20(27)12-16-5-4-7-18(11-16)22(23,24)25/h2-8,11,15,20,26,28H,9-10,12-14H2,1H3/t15-,20?/m1/s1. The molecule has 2 aromatic carbocycles. The summed E-state index contributed by atoms with van der Waals surface area (Å²) in [6, 6.07) is 12.7. The van der Waals surface area contributed by atoms with Crippen LogP contribution >= 0.6 is 0 Å². The van der Waals surface area contributed by atoms with E-state index in [-0.39, 0.29) is 18.5 Å². The van der Waals surface area contributed by atoms with Crippen LogP contribution in [-0.4, -0.2) is 41.7 Å². The summed E-state index contributed by atoms with van der Waals surface area (Å²) in [7, 11) is 0. The number of alkyl halides is 3. The first kappa shape index (κ1) is 21.3. The number of aliphatic hydroxyl groups is 1. The van der Waals surface area contributed by atoms with E-state index in [1.807, 2.05) is 24.3 Å². The molecular formula is C22H25F3N2O2. The maximum atomic E-state index is 13.1. The van der Waals surface area contributed by atoms with Crippen molar-refractivity contribution in [3.8, 4) is 0 Å². The Labute approximate surface area is 168 Å². The summed E-state index contributed by atoms with van der Waals surface area (Å²) in [5.74, 6) is -0.128. The van der Waals surface area contributed by atoms with Gasteiger partial charge < -0.3 is 15.3 Å². The third-order valence-electron chi connectivity index (χ3n) is 5.13. The van der Waals surface area contributed by atoms with E-state index < -0.39 is 17.8 Å². The summed E-state index contributed by atoms with van der Waals surface area (Å²) in [5, 5.41) is 12.3. The average Bonchev–Trinajstić information content (AvgIpc) is 2.67. The largest absolute Gasteiger partial charge is 0.416 e. The zero-order valence-electron chi connectivity index (χ0n) is 16.2. The number of carbonyl (C=O) groups is 1. The van der Waals surface area contributed by atoms with Crippen LogP contribution < -0.4 is 5.32 Å². The molecule has 0 saturated carbocycles. The number of nitrogens with zero attached hydrogens (tertiary/aromatic N) is 1. The molecule has 1 amide bonds. The predicted molar refractivity (Wildman–Crippen MR) is 104 cm³/mol. The molecule has 1 heterocycles. The molecule has 0 aliphatic carbocycles. The van der Waals surface area contributed by atoms with Gasteiger partial charge in [-0.1, -0.05) is 42.5 Å². The van der Waals surface area contributed by atoms with Gasteiger partial charge in [0.05, 0.1) is 24.3 Å². The number of aliphatic hydroxyl groups excluding tert-OH is 1. The van der Waals surface area contributed by atoms with Gasteiger partial charge in [-0.15, -0.1) is 0 Å². The van der Waals surface area contributed by atoms with Gasteiger partial charge >= 0.3 is 6.18 Å². The minimum Gasteiger partial charge on any atom is -0.392 e. The smallest absolute Gasteiger partial charge is 0.392 e. The summed E-state index contributed by atoms with van der Waals surface area (Å²) < 4.78 is 39.3. The van der Waals surface area contributed by atoms with E-state index in [4.69, 9.17) is 0 Å². The average molecular weight is 406 g/mol. The van der Waals surface area contributed by atoms with Crippen LogP contribution in [-0.2, 0) is 23.8 Å². The van der Waals surface area contributed by atoms with Gasteiger partial charge in [-0.3, -0.25) is 4.79 Å². The topological polar surface area (TPSA) is 52.6 Å². The highest BCUT2D eigenvalue weighted by atomic mass is 19.4. The van der Waals surface area contributed by atoms with Gasteiger partial charge in [-0.25, -0.2) is 0 Å². The normalized spacial score (nSPS) is 17.7. The Morgan fingerprint density at radius 2 is 2.00 bits per heavy atom. The fourth-order valence-electron chi connectivity index (χ4n) is 3.76. The first-order chi connectivity index (χ1) is 13.8. The molecule has 0 aromatic heterocycles. The van der Waals surface area contributed by atoms with Crippen molar-refractivity contribution in [2.45, 2.75) is 38.1 Å². The summed E-state index contributed by atoms with van der Waals surface area (Å²) >= 11 is 0. The third-order valence-corrected chi connectivity index (χ3v) is 5.13. The second-order valence-electron chi connectivity index (χ2n) is 7.43. The minimum absolute atomic E-state index is 0.0756. The first-order valence-electron chi connectivity index (χ1n) is 9.68. The quantitative estimate of drug-likeness (QED) is 0.774. The molecular weight excluding hydrogens is 381 g/mol. The molecule has 2 aromatic rings. The van der Waals surface area contributed by atoms with Crippen LogP contribution in [0.1, 0.15) is 35.2 Å². The fourth-order valence-corrected chi connectivity index (χ4v) is 3.76. The van der Waals surface area contributed by atoms with E-state index in [1.54, 1.807) is 17.9 Å². The summed E-state index contributed by atoms with van der Waals surface area (Å²) in [6.45, 7) is 2.52. The van der Waals surface area contributed by atoms with E-state index in [1.165, 1.54) is 6.07 Å². The van der Waals surface area contributed by atoms with E-state index in [0.717, 1.165) is 23.3 Å². The highest BCUT2D eigenvalue weighted by molar-refractivity contribution is 5.79. The summed E-state index contributed by atoms with van der Waals surface area (Å²) in [5.41, 5.74) is 1.94. The monoisotopic (exact) mass is 406 g/mol. The summed E-state index contributed by atoms with van der Waals surface area (Å²) in [6.07, 6.45) is -3.95. The lowest BCUT2D eigenvalue weighted by Gasteiger charge is -2.38. The Hall–Kier alpha value is -2.38. The zero-order valence-corrected chi connectivity index (χ0v) is 16.2. The molecule has 2 N–H and O–H groups in total. The number of rotatable bonds is 6. The number of halogens is 3. The summed E-state index contributed by atoms with van der Waals surface area (Å²) in [4.78, 5) is 14.6. The molecule has 0 fully saturated rings. The molecule has 0 radical (unpaired) electrons. The van der Waals surface area contributed by atoms with Crippen LogP contribution in [0.2, 0.25) is 0 Å². The molecule has 29 heavy (non-hydrogen) atoms. The van der Waals surface area contributed by atoms with Gasteiger partial charge in [0, 0.05) is 13.1 Å². The molecule has 156 valence electrons. The molecule has 4 nitrogen and oxygen atoms in total. The van der Waals surface area contributed by atoms with Crippen LogP contribution in [0.15, 0.2) is 48.5 Å². The molecule has 2 atom stereocenters. The van der Waals surface area contributed by atoms with E-state index in [9.17, 15) is 23.1 Å². The van der Waals surface area contributed by atoms with Crippen molar-refractivity contribution >= 4 is 5.91 Å². The van der Waals surface area contributed by atoms with Crippen molar-refractivity contribution in [3.05, 3.63) is 70.8 Å². The minimum atomic E-state index is -4.40. The zero-order chi connectivity index (χ0) is 21.0. The van der Waals surface area contributed by atoms with Gasteiger partial charge in [-0.05, 0) is 42.5 Å². The Balaban J connectivity index is 1.85. The molecule has 0 spiro atoms. The molecule has 0 bridgehead atoms. The second kappa shape index (κ2) is 8.97. The molecule has 1 aliphatic heterocycles. The Morgan fingerprint density at radius 1 is 1.24 bits per heavy atom. The van der Waals surface area contributed by atoms with Crippen LogP contribution in [0.4, 0.5) is 13.2 Å². The van der Waals surface area contributed by atoms with Crippen molar-refractivity contribution in [2.24, 2.45) is 0 Å². The Bertz CT molecular complexity index is 852. The number of nitrogens with one attached hydrogen (secondary N) is 1. The molecule has 7 heteroatoms. The Morgan fingerprint density at radius 3 is 2.72 bits per heavy atom. The lowest BCUT2D eigenvalue weighted by molar-refractivity contribution is -0.138. The fraction of sp³-hybridized carbons (Fsp3) is 0.409. The third kappa shape index (κ3) is 5.36. The molecule has 1 aliphatic rings. The van der Waals surface area contributed by atoms with E-state index in [2.05, 4.69) is 5.32 Å². The van der Waals surface area contributed by atoms with Crippen molar-refractivity contribution in [1.82, 2.24) is 10.2 Å². The predicted octanol–water partition coefficient (Wildman–Crippen LogP) is 3.34. The highest BCUT2D eigenvalue weighted by Gasteiger charge is 2.33. The van der Waals surface area contributed by atoms with Crippen molar-refractivity contribution in [1.29, 1.82) is 0 Å². The lowest BCUT2D eigenvalue weighted by Crippen LogP contribution is -2.45. The van der Waals surface area contributed by atoms with Gasteiger partial charge in [-0.2, -0.15) is 13.2 Å². The second-order valence-corrected chi connectivity index (χ2v) is 7.43. The maximum absolute atomic E-state index is 13.1. The number of carbonyl (C=O) groups excluding carboxylic acids is 1. The highest BCUT2D eigenvalue weighted by Crippen LogP contribution is 2.34. The molecule has 0 saturated heterocycles. The van der Waals surface area contributed by atoms with Crippen LogP contribution in [0.25, 0.3) is 0 Å². The van der Waals surface area contributed by atoms with Gasteiger partial charge in [0.15, 0.2) is 0 Å². The number of fused-ring (bicyclic) bond motifs is 1. The van der Waals surface area contributed by atoms with Gasteiger partial charge in [0.25, 0.3) is 0 Å². The van der Waals surface area contributed by atoms with E-state index >= 15 is 0 Å². The van der Waals surface area contributed by atoms with Crippen molar-refractivity contribution in [3.63, 3.8) is 0 Å². The molecule has 1 unspecified atom stereocenters. The maximum Gasteiger partial charge on any atom is 0.416 e. The number of benzene rings is 2.